The number of anilines is 1. The second kappa shape index (κ2) is 7.89. The zero-order valence-corrected chi connectivity index (χ0v) is 15.2. The number of benzene rings is 1. The Morgan fingerprint density at radius 1 is 1.15 bits per heavy atom. The zero-order valence-electron chi connectivity index (χ0n) is 15.2. The van der Waals surface area contributed by atoms with Gasteiger partial charge in [-0.15, -0.1) is 0 Å². The highest BCUT2D eigenvalue weighted by Crippen LogP contribution is 2.40. The fraction of sp³-hybridized carbons (Fsp3) is 0.550. The van der Waals surface area contributed by atoms with Crippen molar-refractivity contribution in [2.45, 2.75) is 45.1 Å². The van der Waals surface area contributed by atoms with Crippen LogP contribution in [0.3, 0.4) is 0 Å². The second-order valence-electron chi connectivity index (χ2n) is 7.16. The summed E-state index contributed by atoms with van der Waals surface area (Å²) in [4.78, 5) is 37.0. The number of para-hydroxylation sites is 2. The highest BCUT2D eigenvalue weighted by molar-refractivity contribution is 5.96. The number of methoxy groups -OCH3 is 1. The van der Waals surface area contributed by atoms with Crippen LogP contribution in [0.2, 0.25) is 0 Å². The first-order valence-electron chi connectivity index (χ1n) is 9.17. The van der Waals surface area contributed by atoms with Gasteiger partial charge in [0.1, 0.15) is 11.5 Å². The lowest BCUT2D eigenvalue weighted by Gasteiger charge is -2.36. The summed E-state index contributed by atoms with van der Waals surface area (Å²) < 4.78 is 10.6. The van der Waals surface area contributed by atoms with Crippen LogP contribution in [0.1, 0.15) is 39.0 Å². The lowest BCUT2D eigenvalue weighted by Crippen LogP contribution is -2.41. The predicted octanol–water partition coefficient (Wildman–Crippen LogP) is 2.96. The minimum atomic E-state index is -0.912. The van der Waals surface area contributed by atoms with E-state index in [1.54, 1.807) is 31.2 Å². The minimum absolute atomic E-state index is 0.0160. The molecular formula is C20H25NO5. The summed E-state index contributed by atoms with van der Waals surface area (Å²) in [5.74, 6) is -0.257. The maximum absolute atomic E-state index is 12.5. The van der Waals surface area contributed by atoms with Crippen LogP contribution in [0.15, 0.2) is 24.3 Å². The number of carbonyl (C=O) groups is 3. The van der Waals surface area contributed by atoms with E-state index in [9.17, 15) is 14.4 Å². The van der Waals surface area contributed by atoms with Crippen molar-refractivity contribution in [2.75, 3.05) is 12.4 Å². The topological polar surface area (TPSA) is 81.7 Å². The van der Waals surface area contributed by atoms with Gasteiger partial charge in [0.25, 0.3) is 5.91 Å². The fourth-order valence-electron chi connectivity index (χ4n) is 3.98. The third-order valence-corrected chi connectivity index (χ3v) is 5.41. The molecule has 0 aromatic heterocycles. The number of Topliss-reactive ketones (excluding diaryl/α,β-unsaturated/α-hetero) is 1. The molecule has 26 heavy (non-hydrogen) atoms. The molecule has 0 aliphatic heterocycles. The largest absolute Gasteiger partial charge is 0.495 e. The molecule has 1 aromatic carbocycles. The molecule has 2 fully saturated rings. The molecule has 1 aromatic rings. The number of hydrogen-bond acceptors (Lipinski definition) is 5. The zero-order chi connectivity index (χ0) is 18.7. The fourth-order valence-corrected chi connectivity index (χ4v) is 3.98. The highest BCUT2D eigenvalue weighted by Gasteiger charge is 2.42. The Bertz CT molecular complexity index is 685. The maximum Gasteiger partial charge on any atom is 0.309 e. The van der Waals surface area contributed by atoms with Gasteiger partial charge >= 0.3 is 5.97 Å². The first-order chi connectivity index (χ1) is 12.5. The van der Waals surface area contributed by atoms with Gasteiger partial charge in [-0.2, -0.15) is 0 Å². The third-order valence-electron chi connectivity index (χ3n) is 5.41. The first-order valence-corrected chi connectivity index (χ1v) is 9.17. The predicted molar refractivity (Wildman–Crippen MR) is 95.7 cm³/mol. The SMILES string of the molecule is COc1ccccc1NC(=O)[C@H](C)OC(=O)C1C[C@H]2CCC[C@@H](C1)C2=O. The van der Waals surface area contributed by atoms with Gasteiger partial charge in [0.15, 0.2) is 6.10 Å². The molecular weight excluding hydrogens is 334 g/mol. The molecule has 1 unspecified atom stereocenters. The third kappa shape index (κ3) is 3.89. The number of fused-ring (bicyclic) bond motifs is 2. The Morgan fingerprint density at radius 3 is 2.46 bits per heavy atom. The molecule has 6 nitrogen and oxygen atoms in total. The first kappa shape index (κ1) is 18.4. The average molecular weight is 359 g/mol. The Balaban J connectivity index is 1.57. The Kier molecular flexibility index (Phi) is 5.59. The molecule has 2 saturated carbocycles. The van der Waals surface area contributed by atoms with Gasteiger partial charge in [-0.25, -0.2) is 0 Å². The Morgan fingerprint density at radius 2 is 1.81 bits per heavy atom. The molecule has 2 bridgehead atoms. The number of esters is 1. The summed E-state index contributed by atoms with van der Waals surface area (Å²) in [5, 5.41) is 2.72. The lowest BCUT2D eigenvalue weighted by molar-refractivity contribution is -0.161. The molecule has 1 amide bonds. The van der Waals surface area contributed by atoms with Crippen molar-refractivity contribution in [2.24, 2.45) is 17.8 Å². The van der Waals surface area contributed by atoms with Crippen LogP contribution in [0.5, 0.6) is 5.75 Å². The summed E-state index contributed by atoms with van der Waals surface area (Å²) in [6, 6.07) is 7.05. The molecule has 0 radical (unpaired) electrons. The van der Waals surface area contributed by atoms with E-state index >= 15 is 0 Å². The molecule has 0 spiro atoms. The lowest BCUT2D eigenvalue weighted by atomic mass is 9.67. The van der Waals surface area contributed by atoms with Crippen molar-refractivity contribution < 1.29 is 23.9 Å². The van der Waals surface area contributed by atoms with Crippen molar-refractivity contribution in [3.63, 3.8) is 0 Å². The average Bonchev–Trinajstić information content (AvgIpc) is 2.61. The summed E-state index contributed by atoms with van der Waals surface area (Å²) in [6.45, 7) is 1.55. The van der Waals surface area contributed by atoms with Crippen LogP contribution in [-0.2, 0) is 19.1 Å². The van der Waals surface area contributed by atoms with Gasteiger partial charge in [-0.05, 0) is 44.7 Å². The molecule has 4 atom stereocenters. The van der Waals surface area contributed by atoms with E-state index in [1.807, 2.05) is 0 Å². The molecule has 6 heteroatoms. The highest BCUT2D eigenvalue weighted by atomic mass is 16.5. The number of carbonyl (C=O) groups excluding carboxylic acids is 3. The minimum Gasteiger partial charge on any atom is -0.495 e. The molecule has 0 heterocycles. The number of amides is 1. The molecule has 2 aliphatic carbocycles. The standard InChI is InChI=1S/C20H25NO5/c1-12(19(23)21-16-8-3-4-9-17(16)25-2)26-20(24)15-10-13-6-5-7-14(11-15)18(13)22/h3-4,8-9,12-15H,5-7,10-11H2,1-2H3,(H,21,23)/t12-,13-,14+,15?/m0/s1. The van der Waals surface area contributed by atoms with Gasteiger partial charge < -0.3 is 14.8 Å². The van der Waals surface area contributed by atoms with Gasteiger partial charge in [-0.1, -0.05) is 18.6 Å². The monoisotopic (exact) mass is 359 g/mol. The molecule has 1 N–H and O–H groups in total. The van der Waals surface area contributed by atoms with Crippen LogP contribution in [-0.4, -0.2) is 30.9 Å². The summed E-state index contributed by atoms with van der Waals surface area (Å²) in [7, 11) is 1.52. The van der Waals surface area contributed by atoms with Crippen LogP contribution in [0.25, 0.3) is 0 Å². The molecule has 2 aliphatic rings. The number of nitrogens with one attached hydrogen (secondary N) is 1. The van der Waals surface area contributed by atoms with E-state index in [-0.39, 0.29) is 23.7 Å². The van der Waals surface area contributed by atoms with Crippen molar-refractivity contribution in [1.29, 1.82) is 0 Å². The molecule has 140 valence electrons. The number of ketones is 1. The quantitative estimate of drug-likeness (QED) is 0.818. The van der Waals surface area contributed by atoms with Crippen LogP contribution in [0.4, 0.5) is 5.69 Å². The van der Waals surface area contributed by atoms with E-state index < -0.39 is 12.0 Å². The number of ether oxygens (including phenoxy) is 2. The van der Waals surface area contributed by atoms with Crippen molar-refractivity contribution in [3.05, 3.63) is 24.3 Å². The summed E-state index contributed by atoms with van der Waals surface area (Å²) in [5.41, 5.74) is 0.528. The Labute approximate surface area is 153 Å². The van der Waals surface area contributed by atoms with Gasteiger partial charge in [0.2, 0.25) is 0 Å². The number of hydrogen-bond donors (Lipinski definition) is 1. The van der Waals surface area contributed by atoms with Crippen molar-refractivity contribution in [1.82, 2.24) is 0 Å². The maximum atomic E-state index is 12.5. The van der Waals surface area contributed by atoms with E-state index in [1.165, 1.54) is 7.11 Å². The van der Waals surface area contributed by atoms with Crippen LogP contribution in [0, 0.1) is 17.8 Å². The normalized spacial score (nSPS) is 25.9. The van der Waals surface area contributed by atoms with Crippen molar-refractivity contribution >= 4 is 23.3 Å². The summed E-state index contributed by atoms with van der Waals surface area (Å²) >= 11 is 0. The number of rotatable bonds is 5. The van der Waals surface area contributed by atoms with Gasteiger partial charge in [0.05, 0.1) is 18.7 Å². The summed E-state index contributed by atoms with van der Waals surface area (Å²) in [6.07, 6.45) is 2.97. The van der Waals surface area contributed by atoms with E-state index in [4.69, 9.17) is 9.47 Å². The smallest absolute Gasteiger partial charge is 0.309 e. The van der Waals surface area contributed by atoms with Crippen LogP contribution >= 0.6 is 0 Å². The van der Waals surface area contributed by atoms with E-state index in [0.29, 0.717) is 30.1 Å². The molecule has 0 saturated heterocycles. The molecule has 3 rings (SSSR count). The van der Waals surface area contributed by atoms with Crippen LogP contribution < -0.4 is 10.1 Å². The van der Waals surface area contributed by atoms with Gasteiger partial charge in [-0.3, -0.25) is 14.4 Å². The second-order valence-corrected chi connectivity index (χ2v) is 7.16. The Hall–Kier alpha value is -2.37. The van der Waals surface area contributed by atoms with Crippen molar-refractivity contribution in [3.8, 4) is 5.75 Å². The van der Waals surface area contributed by atoms with E-state index in [0.717, 1.165) is 19.3 Å². The van der Waals surface area contributed by atoms with Gasteiger partial charge in [0, 0.05) is 11.8 Å². The van der Waals surface area contributed by atoms with E-state index in [2.05, 4.69) is 5.32 Å².